The van der Waals surface area contributed by atoms with E-state index in [-0.39, 0.29) is 10.7 Å². The second-order valence-electron chi connectivity index (χ2n) is 5.62. The monoisotopic (exact) mass is 400 g/mol. The Morgan fingerprint density at radius 1 is 1.07 bits per heavy atom. The molecule has 3 rings (SSSR count). The Bertz CT molecular complexity index is 1110. The highest BCUT2D eigenvalue weighted by Gasteiger charge is 2.12. The molecule has 1 heterocycles. The van der Waals surface area contributed by atoms with E-state index >= 15 is 0 Å². The van der Waals surface area contributed by atoms with Gasteiger partial charge in [0.1, 0.15) is 11.5 Å². The van der Waals surface area contributed by atoms with E-state index in [9.17, 15) is 18.8 Å². The van der Waals surface area contributed by atoms with Crippen LogP contribution in [0.5, 0.6) is 0 Å². The van der Waals surface area contributed by atoms with Crippen molar-refractivity contribution in [2.45, 2.75) is 0 Å². The molecular weight excluding hydrogens is 387 g/mol. The van der Waals surface area contributed by atoms with Crippen LogP contribution in [0.4, 0.5) is 4.39 Å². The molecule has 142 valence electrons. The zero-order chi connectivity index (χ0) is 20.1. The highest BCUT2D eigenvalue weighted by Crippen LogP contribution is 2.18. The summed E-state index contributed by atoms with van der Waals surface area (Å²) in [7, 11) is 0. The van der Waals surface area contributed by atoms with Crippen molar-refractivity contribution in [2.75, 3.05) is 0 Å². The van der Waals surface area contributed by atoms with Gasteiger partial charge in [-0.25, -0.2) is 9.07 Å². The zero-order valence-corrected chi connectivity index (χ0v) is 15.0. The maximum Gasteiger partial charge on any atom is 0.287 e. The van der Waals surface area contributed by atoms with Crippen molar-refractivity contribution < 1.29 is 14.0 Å². The molecule has 0 unspecified atom stereocenters. The zero-order valence-electron chi connectivity index (χ0n) is 14.3. The van der Waals surface area contributed by atoms with Crippen molar-refractivity contribution in [1.82, 2.24) is 20.6 Å². The summed E-state index contributed by atoms with van der Waals surface area (Å²) >= 11 is 5.86. The van der Waals surface area contributed by atoms with Crippen LogP contribution in [0.15, 0.2) is 65.5 Å². The number of aromatic amines is 1. The normalized spacial score (nSPS) is 10.8. The fraction of sp³-hybridized carbons (Fsp3) is 0. The summed E-state index contributed by atoms with van der Waals surface area (Å²) in [6.07, 6.45) is 2.49. The molecule has 0 spiro atoms. The highest BCUT2D eigenvalue weighted by atomic mass is 35.5. The third kappa shape index (κ3) is 4.54. The van der Waals surface area contributed by atoms with Gasteiger partial charge in [-0.15, -0.1) is 0 Å². The number of hydrogen-bond donors (Lipinski definition) is 3. The first kappa shape index (κ1) is 19.1. The molecule has 3 N–H and O–H groups in total. The van der Waals surface area contributed by atoms with Crippen LogP contribution in [0, 0.1) is 5.82 Å². The third-order valence-corrected chi connectivity index (χ3v) is 3.98. The van der Waals surface area contributed by atoms with E-state index in [2.05, 4.69) is 16.0 Å². The minimum atomic E-state index is -0.701. The topological polar surface area (TPSA) is 96.0 Å². The molecule has 9 heteroatoms. The number of benzene rings is 2. The number of halogens is 2. The molecule has 0 bridgehead atoms. The summed E-state index contributed by atoms with van der Waals surface area (Å²) in [5.74, 6) is -1.83. The number of hydrogen-bond acceptors (Lipinski definition) is 3. The van der Waals surface area contributed by atoms with E-state index < -0.39 is 23.2 Å². The molecule has 0 aliphatic heterocycles. The Morgan fingerprint density at radius 2 is 1.82 bits per heavy atom. The van der Waals surface area contributed by atoms with Gasteiger partial charge in [0.25, 0.3) is 17.4 Å². The number of rotatable bonds is 4. The van der Waals surface area contributed by atoms with Gasteiger partial charge in [0.2, 0.25) is 0 Å². The minimum absolute atomic E-state index is 0.0280. The van der Waals surface area contributed by atoms with E-state index in [0.29, 0.717) is 11.3 Å². The average Bonchev–Trinajstić information content (AvgIpc) is 3.08. The molecule has 0 saturated heterocycles. The molecule has 0 radical (unpaired) electrons. The number of carbonyl (C=O) groups is 2. The van der Waals surface area contributed by atoms with Gasteiger partial charge < -0.3 is 0 Å². The summed E-state index contributed by atoms with van der Waals surface area (Å²) in [6, 6.07) is 13.6. The molecule has 1 aromatic heterocycles. The van der Waals surface area contributed by atoms with Gasteiger partial charge in [0.15, 0.2) is 0 Å². The third-order valence-electron chi connectivity index (χ3n) is 3.66. The Morgan fingerprint density at radius 3 is 2.54 bits per heavy atom. The lowest BCUT2D eigenvalue weighted by Gasteiger charge is -2.04. The van der Waals surface area contributed by atoms with Crippen LogP contribution in [0.3, 0.4) is 0 Å². The molecule has 0 fully saturated rings. The van der Waals surface area contributed by atoms with Crippen molar-refractivity contribution in [2.24, 2.45) is 0 Å². The molecule has 2 aromatic carbocycles. The molecule has 28 heavy (non-hydrogen) atoms. The Hall–Kier alpha value is -3.65. The second kappa shape index (κ2) is 8.36. The number of nitrogens with one attached hydrogen (secondary N) is 3. The number of hydrazine groups is 1. The predicted molar refractivity (Wildman–Crippen MR) is 102 cm³/mol. The van der Waals surface area contributed by atoms with Gasteiger partial charge in [-0.3, -0.25) is 30.3 Å². The Kier molecular flexibility index (Phi) is 5.71. The summed E-state index contributed by atoms with van der Waals surface area (Å²) in [4.78, 5) is 35.9. The largest absolute Gasteiger partial charge is 0.287 e. The molecule has 0 atom stereocenters. The first-order valence-electron chi connectivity index (χ1n) is 8.05. The smallest absolute Gasteiger partial charge is 0.285 e. The van der Waals surface area contributed by atoms with Crippen molar-refractivity contribution >= 4 is 29.5 Å². The number of para-hydroxylation sites is 1. The molecule has 0 aliphatic rings. The maximum absolute atomic E-state index is 13.0. The number of amides is 2. The van der Waals surface area contributed by atoms with Crippen LogP contribution in [0.25, 0.3) is 11.8 Å². The molecule has 0 saturated carbocycles. The van der Waals surface area contributed by atoms with Gasteiger partial charge in [0.05, 0.1) is 10.7 Å². The molecule has 2 amide bonds. The van der Waals surface area contributed by atoms with Crippen LogP contribution >= 0.6 is 11.6 Å². The standard InChI is InChI=1S/C19H14ClFN4O3/c20-15-10-13(21)8-6-12(15)7-9-17(26)22-23-19(28)16-11-18(27)25(24-16)14-4-2-1-3-5-14/h1-11,24H,(H,22,26)(H,23,28). The summed E-state index contributed by atoms with van der Waals surface area (Å²) < 4.78 is 14.2. The SMILES string of the molecule is O=C(C=Cc1ccc(F)cc1Cl)NNC(=O)c1cc(=O)n(-c2ccccc2)[nH]1. The van der Waals surface area contributed by atoms with Crippen LogP contribution in [0.2, 0.25) is 5.02 Å². The number of nitrogens with zero attached hydrogens (tertiary/aromatic N) is 1. The van der Waals surface area contributed by atoms with Gasteiger partial charge >= 0.3 is 0 Å². The van der Waals surface area contributed by atoms with Crippen LogP contribution < -0.4 is 16.4 Å². The van der Waals surface area contributed by atoms with E-state index in [1.165, 1.54) is 22.9 Å². The van der Waals surface area contributed by atoms with E-state index in [1.54, 1.807) is 30.3 Å². The first-order valence-corrected chi connectivity index (χ1v) is 8.43. The maximum atomic E-state index is 13.0. The van der Waals surface area contributed by atoms with Gasteiger partial charge in [-0.05, 0) is 35.9 Å². The highest BCUT2D eigenvalue weighted by molar-refractivity contribution is 6.32. The molecule has 0 aliphatic carbocycles. The second-order valence-corrected chi connectivity index (χ2v) is 6.03. The first-order chi connectivity index (χ1) is 13.4. The van der Waals surface area contributed by atoms with Crippen LogP contribution in [-0.2, 0) is 4.79 Å². The van der Waals surface area contributed by atoms with Gasteiger partial charge in [-0.2, -0.15) is 0 Å². The van der Waals surface area contributed by atoms with Crippen LogP contribution in [-0.4, -0.2) is 21.6 Å². The summed E-state index contributed by atoms with van der Waals surface area (Å²) in [6.45, 7) is 0. The fourth-order valence-corrected chi connectivity index (χ4v) is 2.54. The minimum Gasteiger partial charge on any atom is -0.285 e. The van der Waals surface area contributed by atoms with Crippen molar-refractivity contribution in [1.29, 1.82) is 0 Å². The lowest BCUT2D eigenvalue weighted by molar-refractivity contribution is -0.117. The van der Waals surface area contributed by atoms with Gasteiger partial charge in [0, 0.05) is 12.1 Å². The van der Waals surface area contributed by atoms with Crippen LogP contribution in [0.1, 0.15) is 16.1 Å². The van der Waals surface area contributed by atoms with Crippen molar-refractivity contribution in [3.05, 3.63) is 93.1 Å². The average molecular weight is 401 g/mol. The van der Waals surface area contributed by atoms with E-state index in [1.807, 2.05) is 0 Å². The number of aromatic nitrogens is 2. The van der Waals surface area contributed by atoms with Crippen molar-refractivity contribution in [3.63, 3.8) is 0 Å². The fourth-order valence-electron chi connectivity index (χ4n) is 2.31. The Balaban J connectivity index is 1.62. The van der Waals surface area contributed by atoms with E-state index in [0.717, 1.165) is 18.2 Å². The van der Waals surface area contributed by atoms with Crippen molar-refractivity contribution in [3.8, 4) is 5.69 Å². The lowest BCUT2D eigenvalue weighted by Crippen LogP contribution is -2.41. The predicted octanol–water partition coefficient (Wildman–Crippen LogP) is 2.43. The quantitative estimate of drug-likeness (QED) is 0.463. The molecular formula is C19H14ClFN4O3. The Labute approximate surface area is 163 Å². The molecule has 7 nitrogen and oxygen atoms in total. The van der Waals surface area contributed by atoms with E-state index in [4.69, 9.17) is 11.6 Å². The number of carbonyl (C=O) groups excluding carboxylic acids is 2. The lowest BCUT2D eigenvalue weighted by atomic mass is 10.2. The van der Waals surface area contributed by atoms with Gasteiger partial charge in [-0.1, -0.05) is 35.9 Å². The summed E-state index contributed by atoms with van der Waals surface area (Å²) in [5, 5.41) is 2.81. The summed E-state index contributed by atoms with van der Waals surface area (Å²) in [5.41, 5.74) is 4.91. The molecule has 3 aromatic rings. The number of H-pyrrole nitrogens is 1.